The Kier molecular flexibility index (Phi) is 2.57. The molecular weight excluding hydrogens is 196 g/mol. The fraction of sp³-hybridized carbons (Fsp3) is 0.667. The molecule has 0 unspecified atom stereocenters. The van der Waals surface area contributed by atoms with E-state index in [9.17, 15) is 4.79 Å². The van der Waals surface area contributed by atoms with Gasteiger partial charge < -0.3 is 10.4 Å². The van der Waals surface area contributed by atoms with Crippen molar-refractivity contribution < 1.29 is 9.90 Å². The van der Waals surface area contributed by atoms with Crippen LogP contribution in [0.3, 0.4) is 0 Å². The first-order valence-electron chi connectivity index (χ1n) is 5.11. The van der Waals surface area contributed by atoms with Crippen LogP contribution in [0.1, 0.15) is 25.6 Å². The van der Waals surface area contributed by atoms with Gasteiger partial charge in [0, 0.05) is 12.6 Å². The van der Waals surface area contributed by atoms with Crippen molar-refractivity contribution in [3.63, 3.8) is 0 Å². The first kappa shape index (κ1) is 9.95. The summed E-state index contributed by atoms with van der Waals surface area (Å²) in [6.07, 6.45) is 2.24. The summed E-state index contributed by atoms with van der Waals surface area (Å²) in [5.41, 5.74) is 0. The SMILES string of the molecule is CCn1c(CC(=O)O)nnc1NC1CC1. The molecular formula is C9H14N4O2. The summed E-state index contributed by atoms with van der Waals surface area (Å²) in [5, 5.41) is 19.8. The average Bonchev–Trinajstić information content (AvgIpc) is 2.89. The van der Waals surface area contributed by atoms with Gasteiger partial charge >= 0.3 is 5.97 Å². The van der Waals surface area contributed by atoms with Crippen LogP contribution >= 0.6 is 0 Å². The molecule has 6 nitrogen and oxygen atoms in total. The molecule has 0 aliphatic heterocycles. The highest BCUT2D eigenvalue weighted by atomic mass is 16.4. The molecule has 1 saturated carbocycles. The summed E-state index contributed by atoms with van der Waals surface area (Å²) in [6.45, 7) is 2.64. The van der Waals surface area contributed by atoms with Gasteiger partial charge in [-0.05, 0) is 19.8 Å². The summed E-state index contributed by atoms with van der Waals surface area (Å²) in [4.78, 5) is 10.6. The molecule has 0 amide bonds. The van der Waals surface area contributed by atoms with Gasteiger partial charge in [0.2, 0.25) is 5.95 Å². The van der Waals surface area contributed by atoms with Crippen LogP contribution in [0, 0.1) is 0 Å². The van der Waals surface area contributed by atoms with Gasteiger partial charge in [-0.3, -0.25) is 9.36 Å². The van der Waals surface area contributed by atoms with Crippen LogP contribution in [-0.2, 0) is 17.8 Å². The number of carboxylic acids is 1. The fourth-order valence-corrected chi connectivity index (χ4v) is 1.45. The molecule has 0 bridgehead atoms. The summed E-state index contributed by atoms with van der Waals surface area (Å²) < 4.78 is 1.81. The lowest BCUT2D eigenvalue weighted by Crippen LogP contribution is -2.12. The zero-order chi connectivity index (χ0) is 10.8. The zero-order valence-electron chi connectivity index (χ0n) is 8.60. The lowest BCUT2D eigenvalue weighted by Gasteiger charge is -2.06. The largest absolute Gasteiger partial charge is 0.481 e. The molecule has 0 aromatic carbocycles. The standard InChI is InChI=1S/C9H14N4O2/c1-2-13-7(5-8(14)15)11-12-9(13)10-6-3-4-6/h6H,2-5H2,1H3,(H,10,12)(H,14,15). The minimum absolute atomic E-state index is 0.0762. The van der Waals surface area contributed by atoms with Crippen molar-refractivity contribution in [3.8, 4) is 0 Å². The number of aliphatic carboxylic acids is 1. The number of anilines is 1. The summed E-state index contributed by atoms with van der Waals surface area (Å²) in [6, 6.07) is 0.497. The number of carboxylic acid groups (broad SMARTS) is 1. The highest BCUT2D eigenvalue weighted by molar-refractivity contribution is 5.69. The van der Waals surface area contributed by atoms with Crippen LogP contribution in [-0.4, -0.2) is 31.9 Å². The van der Waals surface area contributed by atoms with E-state index in [-0.39, 0.29) is 6.42 Å². The molecule has 82 valence electrons. The normalized spacial score (nSPS) is 15.3. The summed E-state index contributed by atoms with van der Waals surface area (Å²) in [7, 11) is 0. The predicted molar refractivity (Wildman–Crippen MR) is 53.7 cm³/mol. The van der Waals surface area contributed by atoms with Crippen LogP contribution in [0.15, 0.2) is 0 Å². The van der Waals surface area contributed by atoms with Crippen molar-refractivity contribution >= 4 is 11.9 Å². The van der Waals surface area contributed by atoms with Gasteiger partial charge in [0.25, 0.3) is 0 Å². The number of hydrogen-bond donors (Lipinski definition) is 2. The molecule has 1 fully saturated rings. The Hall–Kier alpha value is -1.59. The summed E-state index contributed by atoms with van der Waals surface area (Å²) in [5.74, 6) is 0.319. The highest BCUT2D eigenvalue weighted by Gasteiger charge is 2.24. The number of rotatable bonds is 5. The molecule has 0 radical (unpaired) electrons. The van der Waals surface area contributed by atoms with E-state index in [0.29, 0.717) is 24.4 Å². The molecule has 1 aromatic heterocycles. The third-order valence-electron chi connectivity index (χ3n) is 2.36. The van der Waals surface area contributed by atoms with Crippen molar-refractivity contribution in [1.82, 2.24) is 14.8 Å². The first-order chi connectivity index (χ1) is 7.20. The molecule has 0 atom stereocenters. The Labute approximate surface area is 87.3 Å². The van der Waals surface area contributed by atoms with Crippen LogP contribution in [0.5, 0.6) is 0 Å². The van der Waals surface area contributed by atoms with Crippen LogP contribution in [0.2, 0.25) is 0 Å². The molecule has 1 aliphatic rings. The molecule has 0 saturated heterocycles. The van der Waals surface area contributed by atoms with E-state index in [0.717, 1.165) is 12.8 Å². The van der Waals surface area contributed by atoms with E-state index in [1.165, 1.54) is 0 Å². The second-order valence-corrected chi connectivity index (χ2v) is 3.67. The Morgan fingerprint density at radius 1 is 1.60 bits per heavy atom. The maximum atomic E-state index is 10.6. The Balaban J connectivity index is 2.15. The maximum Gasteiger partial charge on any atom is 0.311 e. The Morgan fingerprint density at radius 2 is 2.33 bits per heavy atom. The Bertz CT molecular complexity index is 370. The number of carbonyl (C=O) groups is 1. The van der Waals surface area contributed by atoms with Gasteiger partial charge in [-0.15, -0.1) is 10.2 Å². The van der Waals surface area contributed by atoms with Crippen molar-refractivity contribution in [1.29, 1.82) is 0 Å². The first-order valence-corrected chi connectivity index (χ1v) is 5.11. The lowest BCUT2D eigenvalue weighted by molar-refractivity contribution is -0.136. The van der Waals surface area contributed by atoms with E-state index in [1.54, 1.807) is 0 Å². The molecule has 2 N–H and O–H groups in total. The monoisotopic (exact) mass is 210 g/mol. The fourth-order valence-electron chi connectivity index (χ4n) is 1.45. The van der Waals surface area contributed by atoms with Gasteiger partial charge in [-0.2, -0.15) is 0 Å². The van der Waals surface area contributed by atoms with Crippen molar-refractivity contribution in [3.05, 3.63) is 5.82 Å². The van der Waals surface area contributed by atoms with Gasteiger partial charge in [0.1, 0.15) is 12.2 Å². The number of hydrogen-bond acceptors (Lipinski definition) is 4. The van der Waals surface area contributed by atoms with Crippen LogP contribution in [0.4, 0.5) is 5.95 Å². The molecule has 1 aromatic rings. The van der Waals surface area contributed by atoms with Gasteiger partial charge in [0.15, 0.2) is 0 Å². The smallest absolute Gasteiger partial charge is 0.311 e. The molecule has 2 rings (SSSR count). The lowest BCUT2D eigenvalue weighted by atomic mass is 10.4. The van der Waals surface area contributed by atoms with E-state index < -0.39 is 5.97 Å². The van der Waals surface area contributed by atoms with E-state index in [4.69, 9.17) is 5.11 Å². The number of nitrogens with one attached hydrogen (secondary N) is 1. The topological polar surface area (TPSA) is 80.0 Å². The molecule has 1 heterocycles. The van der Waals surface area contributed by atoms with E-state index in [1.807, 2.05) is 11.5 Å². The molecule has 1 aliphatic carbocycles. The minimum Gasteiger partial charge on any atom is -0.481 e. The van der Waals surface area contributed by atoms with Crippen molar-refractivity contribution in [2.75, 3.05) is 5.32 Å². The molecule has 0 spiro atoms. The van der Waals surface area contributed by atoms with E-state index >= 15 is 0 Å². The Morgan fingerprint density at radius 3 is 2.87 bits per heavy atom. The quantitative estimate of drug-likeness (QED) is 0.739. The number of nitrogens with zero attached hydrogens (tertiary/aromatic N) is 3. The van der Waals surface area contributed by atoms with Gasteiger partial charge in [0.05, 0.1) is 0 Å². The highest BCUT2D eigenvalue weighted by Crippen LogP contribution is 2.24. The second kappa shape index (κ2) is 3.88. The summed E-state index contributed by atoms with van der Waals surface area (Å²) >= 11 is 0. The maximum absolute atomic E-state index is 10.6. The number of aromatic nitrogens is 3. The van der Waals surface area contributed by atoms with Crippen LogP contribution in [0.25, 0.3) is 0 Å². The average molecular weight is 210 g/mol. The third-order valence-corrected chi connectivity index (χ3v) is 2.36. The van der Waals surface area contributed by atoms with Crippen molar-refractivity contribution in [2.24, 2.45) is 0 Å². The van der Waals surface area contributed by atoms with E-state index in [2.05, 4.69) is 15.5 Å². The van der Waals surface area contributed by atoms with Gasteiger partial charge in [-0.25, -0.2) is 0 Å². The van der Waals surface area contributed by atoms with Crippen LogP contribution < -0.4 is 5.32 Å². The predicted octanol–water partition coefficient (Wildman–Crippen LogP) is 0.499. The second-order valence-electron chi connectivity index (χ2n) is 3.67. The third kappa shape index (κ3) is 2.26. The van der Waals surface area contributed by atoms with Gasteiger partial charge in [-0.1, -0.05) is 0 Å². The molecule has 15 heavy (non-hydrogen) atoms. The van der Waals surface area contributed by atoms with Crippen molar-refractivity contribution in [2.45, 2.75) is 38.8 Å². The molecule has 6 heteroatoms. The zero-order valence-corrected chi connectivity index (χ0v) is 8.60. The minimum atomic E-state index is -0.880.